The SMILES string of the molecule is CN(C(O)(O)O)C(O)(O)O.CN(C(O)(O)O)C(O)(O)O.O=C(O)c1cc(=O)c2cc3c(c(Cl)c2[nH]1)CN(C(=O)O)CC3=O. The van der Waals surface area contributed by atoms with Crippen LogP contribution in [0.25, 0.3) is 10.9 Å². The lowest BCUT2D eigenvalue weighted by Gasteiger charge is -2.31. The molecule has 0 saturated carbocycles. The zero-order valence-electron chi connectivity index (χ0n) is 21.7. The average molecular weight is 647 g/mol. The van der Waals surface area contributed by atoms with Gasteiger partial charge >= 0.3 is 36.5 Å². The minimum Gasteiger partial charge on any atom is -0.477 e. The van der Waals surface area contributed by atoms with Crippen molar-refractivity contribution in [1.82, 2.24) is 19.7 Å². The van der Waals surface area contributed by atoms with E-state index in [0.29, 0.717) is 14.1 Å². The Kier molecular flexibility index (Phi) is 11.4. The molecule has 2 aromatic rings. The molecule has 0 radical (unpaired) electrons. The molecule has 2 heterocycles. The molecule has 15 N–H and O–H groups in total. The van der Waals surface area contributed by atoms with Gasteiger partial charge in [-0.2, -0.15) is 9.80 Å². The maximum absolute atomic E-state index is 12.1. The summed E-state index contributed by atoms with van der Waals surface area (Å²) in [5.74, 6) is -1.81. The Labute approximate surface area is 242 Å². The van der Waals surface area contributed by atoms with E-state index in [0.717, 1.165) is 11.0 Å². The van der Waals surface area contributed by atoms with Crippen molar-refractivity contribution in [1.29, 1.82) is 0 Å². The van der Waals surface area contributed by atoms with E-state index in [9.17, 15) is 19.2 Å². The van der Waals surface area contributed by atoms with E-state index < -0.39 is 47.7 Å². The summed E-state index contributed by atoms with van der Waals surface area (Å²) in [6.07, 6.45) is -15.2. The molecular formula is C20H27ClN4O18. The van der Waals surface area contributed by atoms with E-state index in [2.05, 4.69) is 4.98 Å². The van der Waals surface area contributed by atoms with Crippen LogP contribution in [0.15, 0.2) is 16.9 Å². The molecule has 1 aromatic carbocycles. The van der Waals surface area contributed by atoms with E-state index in [1.54, 1.807) is 0 Å². The first-order valence-electron chi connectivity index (χ1n) is 10.9. The van der Waals surface area contributed by atoms with Crippen molar-refractivity contribution < 1.29 is 85.9 Å². The van der Waals surface area contributed by atoms with Gasteiger partial charge in [0.15, 0.2) is 11.2 Å². The second-order valence-electron chi connectivity index (χ2n) is 8.57. The molecule has 0 unspecified atom stereocenters. The number of nitrogens with zero attached hydrogens (tertiary/aromatic N) is 3. The predicted molar refractivity (Wildman–Crippen MR) is 132 cm³/mol. The molecule has 242 valence electrons. The smallest absolute Gasteiger partial charge is 0.408 e. The third kappa shape index (κ3) is 9.79. The summed E-state index contributed by atoms with van der Waals surface area (Å²) in [6.45, 7) is -0.445. The number of amides is 1. The number of nitrogens with one attached hydrogen (secondary N) is 1. The van der Waals surface area contributed by atoms with Crippen molar-refractivity contribution in [2.75, 3.05) is 20.6 Å². The molecule has 0 bridgehead atoms. The Balaban J connectivity index is 0.000000386. The summed E-state index contributed by atoms with van der Waals surface area (Å²) in [4.78, 5) is 49.1. The number of aromatic amines is 1. The first-order valence-corrected chi connectivity index (χ1v) is 11.3. The second-order valence-corrected chi connectivity index (χ2v) is 8.95. The molecule has 43 heavy (non-hydrogen) atoms. The third-order valence-electron chi connectivity index (χ3n) is 5.45. The molecule has 1 aliphatic heterocycles. The van der Waals surface area contributed by atoms with Gasteiger partial charge in [-0.1, -0.05) is 11.6 Å². The third-order valence-corrected chi connectivity index (χ3v) is 5.87. The molecule has 0 aliphatic carbocycles. The van der Waals surface area contributed by atoms with E-state index in [4.69, 9.17) is 83.1 Å². The molecule has 23 heteroatoms. The lowest BCUT2D eigenvalue weighted by Crippen LogP contribution is -2.59. The van der Waals surface area contributed by atoms with Gasteiger partial charge in [0.25, 0.3) is 0 Å². The lowest BCUT2D eigenvalue weighted by atomic mass is 9.96. The van der Waals surface area contributed by atoms with Crippen LogP contribution in [-0.2, 0) is 6.54 Å². The molecule has 0 fully saturated rings. The van der Waals surface area contributed by atoms with Crippen molar-refractivity contribution >= 4 is 40.3 Å². The molecule has 1 aromatic heterocycles. The highest BCUT2D eigenvalue weighted by Gasteiger charge is 2.41. The van der Waals surface area contributed by atoms with Crippen LogP contribution < -0.4 is 5.43 Å². The molecule has 0 spiro atoms. The molecule has 3 rings (SSSR count). The number of halogens is 1. The minimum absolute atomic E-state index is 0.0306. The highest BCUT2D eigenvalue weighted by atomic mass is 35.5. The number of carbonyl (C=O) groups excluding carboxylic acids is 1. The van der Waals surface area contributed by atoms with E-state index >= 15 is 0 Å². The molecule has 1 aliphatic rings. The first kappa shape index (κ1) is 37.6. The van der Waals surface area contributed by atoms with Crippen LogP contribution in [0.5, 0.6) is 0 Å². The van der Waals surface area contributed by atoms with Crippen LogP contribution >= 0.6 is 11.6 Å². The van der Waals surface area contributed by atoms with Crippen LogP contribution in [0.1, 0.15) is 26.4 Å². The van der Waals surface area contributed by atoms with Crippen LogP contribution in [0.3, 0.4) is 0 Å². The summed E-state index contributed by atoms with van der Waals surface area (Å²) in [7, 11) is 1.33. The summed E-state index contributed by atoms with van der Waals surface area (Å²) in [6, 6.07) is 2.23. The number of ketones is 1. The zero-order chi connectivity index (χ0) is 34.0. The number of hydrogen-bond donors (Lipinski definition) is 15. The number of carboxylic acids is 1. The summed E-state index contributed by atoms with van der Waals surface area (Å²) in [5.41, 5.74) is -0.448. The quantitative estimate of drug-likeness (QED) is 0.134. The first-order chi connectivity index (χ1) is 19.1. The van der Waals surface area contributed by atoms with Crippen molar-refractivity contribution in [3.63, 3.8) is 0 Å². The van der Waals surface area contributed by atoms with Gasteiger partial charge in [0.2, 0.25) is 0 Å². The maximum atomic E-state index is 12.1. The number of aromatic carboxylic acids is 1. The topological polar surface area (TPSA) is 377 Å². The van der Waals surface area contributed by atoms with Crippen molar-refractivity contribution in [3.05, 3.63) is 44.2 Å². The van der Waals surface area contributed by atoms with Gasteiger partial charge < -0.3 is 76.5 Å². The van der Waals surface area contributed by atoms with E-state index in [1.165, 1.54) is 6.07 Å². The maximum Gasteiger partial charge on any atom is 0.408 e. The number of aromatic nitrogens is 1. The largest absolute Gasteiger partial charge is 0.477 e. The summed E-state index contributed by atoms with van der Waals surface area (Å²) in [5, 5.41) is 116. The minimum atomic E-state index is -3.47. The van der Waals surface area contributed by atoms with Gasteiger partial charge in [0.1, 0.15) is 5.69 Å². The van der Waals surface area contributed by atoms with Gasteiger partial charge in [-0.25, -0.2) is 9.59 Å². The molecule has 22 nitrogen and oxygen atoms in total. The Bertz CT molecular complexity index is 1360. The van der Waals surface area contributed by atoms with Crippen LogP contribution in [0, 0.1) is 0 Å². The highest BCUT2D eigenvalue weighted by Crippen LogP contribution is 2.32. The fourth-order valence-corrected chi connectivity index (χ4v) is 3.26. The van der Waals surface area contributed by atoms with Crippen molar-refractivity contribution in [2.45, 2.75) is 30.9 Å². The number of fused-ring (bicyclic) bond motifs is 2. The Morgan fingerprint density at radius 3 is 1.53 bits per heavy atom. The molecule has 0 saturated heterocycles. The number of hydrogen-bond acceptors (Lipinski definition) is 18. The second kappa shape index (κ2) is 13.1. The normalized spacial score (nSPS) is 14.2. The molecular weight excluding hydrogens is 620 g/mol. The van der Waals surface area contributed by atoms with Crippen LogP contribution in [0.2, 0.25) is 5.02 Å². The van der Waals surface area contributed by atoms with Gasteiger partial charge in [-0.3, -0.25) is 14.5 Å². The fourth-order valence-electron chi connectivity index (χ4n) is 2.95. The number of carbonyl (C=O) groups is 3. The highest BCUT2D eigenvalue weighted by molar-refractivity contribution is 6.36. The number of pyridine rings is 1. The Morgan fingerprint density at radius 1 is 0.791 bits per heavy atom. The van der Waals surface area contributed by atoms with Gasteiger partial charge in [-0.05, 0) is 6.07 Å². The van der Waals surface area contributed by atoms with E-state index in [-0.39, 0.29) is 55.6 Å². The van der Waals surface area contributed by atoms with Crippen molar-refractivity contribution in [2.24, 2.45) is 0 Å². The molecule has 1 amide bonds. The van der Waals surface area contributed by atoms with Crippen LogP contribution in [0.4, 0.5) is 4.79 Å². The Morgan fingerprint density at radius 2 is 1.21 bits per heavy atom. The average Bonchev–Trinajstić information content (AvgIpc) is 2.82. The van der Waals surface area contributed by atoms with Gasteiger partial charge in [0.05, 0.1) is 23.6 Å². The number of rotatable bonds is 5. The monoisotopic (exact) mass is 646 g/mol. The summed E-state index contributed by atoms with van der Waals surface area (Å²) < 4.78 is 0. The fraction of sp³-hybridized carbons (Fsp3) is 0.400. The standard InChI is InChI=1S/C14H9ClN2O6.2C3H9NO6/c15-11-7-3-17(14(22)23)4-10(19)5(7)1-6-9(18)2-8(13(20)21)16-12(6)11;2*1-4(2(5,6)7)3(8,9)10/h1-2H,3-4H2,(H,16,18)(H,20,21)(H,22,23);2*5-10H,1H3. The molecule has 0 atom stereocenters. The number of Topliss-reactive ketones (excluding diaryl/α,β-unsaturated/α-hetero) is 1. The van der Waals surface area contributed by atoms with Crippen molar-refractivity contribution in [3.8, 4) is 0 Å². The van der Waals surface area contributed by atoms with Crippen LogP contribution in [-0.4, -0.2) is 154 Å². The lowest BCUT2D eigenvalue weighted by molar-refractivity contribution is -0.505. The van der Waals surface area contributed by atoms with Gasteiger partial charge in [0, 0.05) is 36.7 Å². The zero-order valence-corrected chi connectivity index (χ0v) is 22.4. The number of benzene rings is 1. The summed E-state index contributed by atoms with van der Waals surface area (Å²) >= 11 is 6.21. The number of aliphatic hydroxyl groups is 12. The Hall–Kier alpha value is -3.43. The predicted octanol–water partition coefficient (Wildman–Crippen LogP) is -6.25. The number of carboxylic acid groups (broad SMARTS) is 2. The van der Waals surface area contributed by atoms with Gasteiger partial charge in [-0.15, -0.1) is 0 Å². The van der Waals surface area contributed by atoms with E-state index in [1.807, 2.05) is 0 Å². The number of H-pyrrole nitrogens is 1.